The molecule has 1 aromatic rings. The van der Waals surface area contributed by atoms with Crippen molar-refractivity contribution in [1.82, 2.24) is 0 Å². The zero-order valence-electron chi connectivity index (χ0n) is 23.4. The van der Waals surface area contributed by atoms with Crippen LogP contribution in [0.1, 0.15) is 79.7 Å². The average molecular weight is 540 g/mol. The summed E-state index contributed by atoms with van der Waals surface area (Å²) in [5, 5.41) is 9.71. The number of hydrogen-bond donors (Lipinski definition) is 2. The fraction of sp³-hybridized carbons (Fsp3) is 0.630. The van der Waals surface area contributed by atoms with Crippen LogP contribution in [0.25, 0.3) is 0 Å². The lowest BCUT2D eigenvalue weighted by molar-refractivity contribution is -0.155. The first-order valence-electron chi connectivity index (χ1n) is 12.8. The zero-order chi connectivity index (χ0) is 29.2. The van der Waals surface area contributed by atoms with Crippen molar-refractivity contribution in [2.45, 2.75) is 98.5 Å². The van der Waals surface area contributed by atoms with Gasteiger partial charge in [0.25, 0.3) is 0 Å². The normalized spacial score (nSPS) is 15.8. The van der Waals surface area contributed by atoms with Crippen LogP contribution in [0.15, 0.2) is 18.2 Å². The molecule has 5 unspecified atom stereocenters. The summed E-state index contributed by atoms with van der Waals surface area (Å²) in [5.74, 6) is -3.87. The van der Waals surface area contributed by atoms with E-state index in [1.54, 1.807) is 41.5 Å². The lowest BCUT2D eigenvalue weighted by atomic mass is 9.79. The van der Waals surface area contributed by atoms with Gasteiger partial charge in [0, 0.05) is 11.8 Å². The molecule has 1 aromatic carbocycles. The predicted octanol–water partition coefficient (Wildman–Crippen LogP) is 5.03. The number of benzene rings is 1. The lowest BCUT2D eigenvalue weighted by Crippen LogP contribution is -2.43. The summed E-state index contributed by atoms with van der Waals surface area (Å²) in [6.07, 6.45) is -2.48. The van der Waals surface area contributed by atoms with Crippen molar-refractivity contribution in [1.29, 1.82) is 0 Å². The van der Waals surface area contributed by atoms with Gasteiger partial charge in [-0.1, -0.05) is 40.7 Å². The molecule has 0 amide bonds. The monoisotopic (exact) mass is 539 g/mol. The number of ether oxygens (including phenoxy) is 5. The van der Waals surface area contributed by atoms with E-state index in [1.807, 2.05) is 13.8 Å². The number of aliphatic carboxylic acids is 1. The zero-order valence-corrected chi connectivity index (χ0v) is 23.4. The summed E-state index contributed by atoms with van der Waals surface area (Å²) in [4.78, 5) is 48.7. The Bertz CT molecular complexity index is 963. The van der Waals surface area contributed by atoms with E-state index in [1.165, 1.54) is 18.2 Å². The smallest absolute Gasteiger partial charge is 0.480 e. The standard InChI is InChI=1S/C27H41NO10/c1-9-15(5)34-26(32)37-20-12-11-19(13-21(20)38-27(33)35-16(6)10-2)22(23(28)24(29)30)17(7)18(8)36-25(31)14(3)4/h11-18,22-23H,9-10,28H2,1-8H3,(H,29,30)/t15?,16?,17?,18?,22?,23-/m0/s1. The van der Waals surface area contributed by atoms with Gasteiger partial charge in [-0.3, -0.25) is 9.59 Å². The number of carboxylic acids is 1. The molecule has 214 valence electrons. The van der Waals surface area contributed by atoms with Gasteiger partial charge in [0.2, 0.25) is 0 Å². The molecule has 3 N–H and O–H groups in total. The molecule has 0 spiro atoms. The Kier molecular flexibility index (Phi) is 13.0. The second-order valence-electron chi connectivity index (χ2n) is 9.63. The number of carbonyl (C=O) groups is 4. The van der Waals surface area contributed by atoms with Crippen LogP contribution in [0.4, 0.5) is 9.59 Å². The summed E-state index contributed by atoms with van der Waals surface area (Å²) in [6, 6.07) is 2.80. The summed E-state index contributed by atoms with van der Waals surface area (Å²) in [6.45, 7) is 13.8. The van der Waals surface area contributed by atoms with E-state index < -0.39 is 60.4 Å². The van der Waals surface area contributed by atoms with Gasteiger partial charge in [-0.2, -0.15) is 0 Å². The molecule has 0 aliphatic rings. The molecule has 11 heteroatoms. The first-order valence-corrected chi connectivity index (χ1v) is 12.8. The molecule has 38 heavy (non-hydrogen) atoms. The van der Waals surface area contributed by atoms with Gasteiger partial charge < -0.3 is 34.5 Å². The number of carbonyl (C=O) groups excluding carboxylic acids is 3. The number of nitrogens with two attached hydrogens (primary N) is 1. The highest BCUT2D eigenvalue weighted by Gasteiger charge is 2.36. The second-order valence-corrected chi connectivity index (χ2v) is 9.63. The predicted molar refractivity (Wildman–Crippen MR) is 138 cm³/mol. The first kappa shape index (κ1) is 32.7. The van der Waals surface area contributed by atoms with Crippen molar-refractivity contribution in [2.75, 3.05) is 0 Å². The highest BCUT2D eigenvalue weighted by molar-refractivity contribution is 5.75. The third kappa shape index (κ3) is 9.85. The van der Waals surface area contributed by atoms with E-state index in [0.29, 0.717) is 18.4 Å². The summed E-state index contributed by atoms with van der Waals surface area (Å²) < 4.78 is 26.4. The Morgan fingerprint density at radius 3 is 1.76 bits per heavy atom. The van der Waals surface area contributed by atoms with Crippen molar-refractivity contribution in [3.8, 4) is 11.5 Å². The Hall–Kier alpha value is -3.34. The lowest BCUT2D eigenvalue weighted by Gasteiger charge is -2.32. The van der Waals surface area contributed by atoms with Crippen molar-refractivity contribution < 1.29 is 48.0 Å². The maximum Gasteiger partial charge on any atom is 0.514 e. The molecule has 0 aliphatic carbocycles. The molecule has 0 radical (unpaired) electrons. The average Bonchev–Trinajstić information content (AvgIpc) is 2.84. The molecule has 0 heterocycles. The SMILES string of the molecule is CCC(C)OC(=O)Oc1ccc(C(C(C)C(C)OC(=O)C(C)C)[C@H](N)C(=O)O)cc1OC(=O)OC(C)CC. The van der Waals surface area contributed by atoms with Gasteiger partial charge in [-0.05, 0) is 51.3 Å². The molecule has 0 saturated carbocycles. The van der Waals surface area contributed by atoms with Gasteiger partial charge in [-0.15, -0.1) is 0 Å². The number of esters is 1. The highest BCUT2D eigenvalue weighted by atomic mass is 16.7. The molecular weight excluding hydrogens is 498 g/mol. The molecule has 0 saturated heterocycles. The Balaban J connectivity index is 3.47. The third-order valence-corrected chi connectivity index (χ3v) is 6.24. The Morgan fingerprint density at radius 2 is 1.32 bits per heavy atom. The van der Waals surface area contributed by atoms with E-state index in [-0.39, 0.29) is 17.4 Å². The molecule has 6 atom stereocenters. The fourth-order valence-electron chi connectivity index (χ4n) is 3.33. The van der Waals surface area contributed by atoms with Crippen molar-refractivity contribution in [3.63, 3.8) is 0 Å². The molecule has 1 rings (SSSR count). The van der Waals surface area contributed by atoms with Crippen LogP contribution in [0.5, 0.6) is 11.5 Å². The quantitative estimate of drug-likeness (QED) is 0.196. The highest BCUT2D eigenvalue weighted by Crippen LogP contribution is 2.37. The molecular formula is C27H41NO10. The van der Waals surface area contributed by atoms with E-state index in [4.69, 9.17) is 29.4 Å². The van der Waals surface area contributed by atoms with Crippen LogP contribution >= 0.6 is 0 Å². The minimum Gasteiger partial charge on any atom is -0.480 e. The van der Waals surface area contributed by atoms with Crippen LogP contribution < -0.4 is 15.2 Å². The fourth-order valence-corrected chi connectivity index (χ4v) is 3.33. The summed E-state index contributed by atoms with van der Waals surface area (Å²) >= 11 is 0. The largest absolute Gasteiger partial charge is 0.514 e. The molecule has 0 bridgehead atoms. The van der Waals surface area contributed by atoms with Gasteiger partial charge in [-0.25, -0.2) is 9.59 Å². The summed E-state index contributed by atoms with van der Waals surface area (Å²) in [7, 11) is 0. The maximum absolute atomic E-state index is 12.4. The van der Waals surface area contributed by atoms with Crippen molar-refractivity contribution in [2.24, 2.45) is 17.6 Å². The van der Waals surface area contributed by atoms with Crippen molar-refractivity contribution >= 4 is 24.2 Å². The molecule has 0 aromatic heterocycles. The van der Waals surface area contributed by atoms with Gasteiger partial charge in [0.05, 0.1) is 5.92 Å². The third-order valence-electron chi connectivity index (χ3n) is 6.24. The summed E-state index contributed by atoms with van der Waals surface area (Å²) in [5.41, 5.74) is 6.42. The van der Waals surface area contributed by atoms with Crippen LogP contribution in [0.2, 0.25) is 0 Å². The minimum absolute atomic E-state index is 0.141. The van der Waals surface area contributed by atoms with E-state index in [9.17, 15) is 24.3 Å². The molecule has 0 aliphatic heterocycles. The van der Waals surface area contributed by atoms with Crippen LogP contribution in [-0.2, 0) is 23.8 Å². The maximum atomic E-state index is 12.4. The van der Waals surface area contributed by atoms with Crippen molar-refractivity contribution in [3.05, 3.63) is 23.8 Å². The second kappa shape index (κ2) is 15.2. The molecule has 0 fully saturated rings. The van der Waals surface area contributed by atoms with Gasteiger partial charge in [0.1, 0.15) is 24.4 Å². The van der Waals surface area contributed by atoms with E-state index in [2.05, 4.69) is 0 Å². The Morgan fingerprint density at radius 1 is 0.816 bits per heavy atom. The minimum atomic E-state index is -1.40. The van der Waals surface area contributed by atoms with Crippen LogP contribution in [0.3, 0.4) is 0 Å². The number of carboxylic acid groups (broad SMARTS) is 1. The number of hydrogen-bond acceptors (Lipinski definition) is 10. The van der Waals surface area contributed by atoms with Gasteiger partial charge in [0.15, 0.2) is 11.5 Å². The topological polar surface area (TPSA) is 161 Å². The molecule has 11 nitrogen and oxygen atoms in total. The first-order chi connectivity index (χ1) is 17.7. The Labute approximate surface area is 223 Å². The van der Waals surface area contributed by atoms with Crippen LogP contribution in [-0.4, -0.2) is 53.7 Å². The van der Waals surface area contributed by atoms with E-state index in [0.717, 1.165) is 0 Å². The van der Waals surface area contributed by atoms with Crippen LogP contribution in [0, 0.1) is 11.8 Å². The van der Waals surface area contributed by atoms with E-state index >= 15 is 0 Å². The number of rotatable bonds is 13. The van der Waals surface area contributed by atoms with Gasteiger partial charge >= 0.3 is 24.2 Å².